The van der Waals surface area contributed by atoms with Crippen LogP contribution in [-0.2, 0) is 9.59 Å². The molecule has 0 aromatic carbocycles. The quantitative estimate of drug-likeness (QED) is 0.788. The number of nitrogens with zero attached hydrogens (tertiary/aromatic N) is 2. The van der Waals surface area contributed by atoms with Crippen LogP contribution < -0.4 is 5.32 Å². The molecule has 0 aliphatic heterocycles. The second kappa shape index (κ2) is 7.99. The van der Waals surface area contributed by atoms with Gasteiger partial charge in [0.15, 0.2) is 5.78 Å². The number of rotatable bonds is 7. The number of Topliss-reactive ketones (excluding diaryl/α,β-unsaturated/α-hetero) is 1. The summed E-state index contributed by atoms with van der Waals surface area (Å²) >= 11 is 0. The number of hydrogen-bond donors (Lipinski definition) is 2. The summed E-state index contributed by atoms with van der Waals surface area (Å²) in [5.74, 6) is -2.81. The molecule has 0 saturated carbocycles. The van der Waals surface area contributed by atoms with Crippen molar-refractivity contribution in [2.75, 3.05) is 0 Å². The first-order chi connectivity index (χ1) is 11.0. The third kappa shape index (κ3) is 5.40. The maximum absolute atomic E-state index is 12.6. The van der Waals surface area contributed by atoms with Gasteiger partial charge in [0.1, 0.15) is 5.69 Å². The van der Waals surface area contributed by atoms with Crippen LogP contribution in [0.3, 0.4) is 0 Å². The Labute approximate surface area is 141 Å². The van der Waals surface area contributed by atoms with Crippen molar-refractivity contribution < 1.29 is 19.5 Å². The SMILES string of the molecule is CC(C)[C@H](NC(=O)c1cnccn1)C(=O)C[C@H](C(=O)O)C(C)(C)C. The topological polar surface area (TPSA) is 109 Å². The van der Waals surface area contributed by atoms with E-state index in [1.54, 1.807) is 34.6 Å². The molecule has 0 unspecified atom stereocenters. The molecule has 7 heteroatoms. The number of aromatic nitrogens is 2. The van der Waals surface area contributed by atoms with E-state index < -0.39 is 29.3 Å². The van der Waals surface area contributed by atoms with E-state index in [2.05, 4.69) is 15.3 Å². The minimum absolute atomic E-state index is 0.113. The van der Waals surface area contributed by atoms with Crippen molar-refractivity contribution in [2.24, 2.45) is 17.3 Å². The van der Waals surface area contributed by atoms with E-state index in [1.807, 2.05) is 0 Å². The highest BCUT2D eigenvalue weighted by molar-refractivity contribution is 5.97. The van der Waals surface area contributed by atoms with E-state index in [1.165, 1.54) is 18.6 Å². The highest BCUT2D eigenvalue weighted by Gasteiger charge is 2.36. The summed E-state index contributed by atoms with van der Waals surface area (Å²) < 4.78 is 0. The molecule has 1 aromatic rings. The Morgan fingerprint density at radius 3 is 2.25 bits per heavy atom. The molecule has 0 aliphatic carbocycles. The fraction of sp³-hybridized carbons (Fsp3) is 0.588. The summed E-state index contributed by atoms with van der Waals surface area (Å²) in [6.07, 6.45) is 4.01. The number of carbonyl (C=O) groups is 3. The Morgan fingerprint density at radius 2 is 1.83 bits per heavy atom. The van der Waals surface area contributed by atoms with Gasteiger partial charge in [0.2, 0.25) is 0 Å². The monoisotopic (exact) mass is 335 g/mol. The van der Waals surface area contributed by atoms with Crippen molar-refractivity contribution in [3.63, 3.8) is 0 Å². The van der Waals surface area contributed by atoms with E-state index in [9.17, 15) is 19.5 Å². The Hall–Kier alpha value is -2.31. The number of ketones is 1. The van der Waals surface area contributed by atoms with Crippen LogP contribution in [0.25, 0.3) is 0 Å². The number of carbonyl (C=O) groups excluding carboxylic acids is 2. The summed E-state index contributed by atoms with van der Waals surface area (Å²) in [7, 11) is 0. The van der Waals surface area contributed by atoms with Gasteiger partial charge in [-0.3, -0.25) is 19.4 Å². The minimum Gasteiger partial charge on any atom is -0.481 e. The standard InChI is InChI=1S/C17H25N3O4/c1-10(2)14(20-15(22)12-9-18-6-7-19-12)13(21)8-11(16(23)24)17(3,4)5/h6-7,9-11,14H,8H2,1-5H3,(H,20,22)(H,23,24)/t11-,14+/m1/s1. The van der Waals surface area contributed by atoms with Crippen molar-refractivity contribution >= 4 is 17.7 Å². The highest BCUT2D eigenvalue weighted by Crippen LogP contribution is 2.30. The van der Waals surface area contributed by atoms with Crippen LogP contribution in [0, 0.1) is 17.3 Å². The van der Waals surface area contributed by atoms with Crippen molar-refractivity contribution in [2.45, 2.75) is 47.1 Å². The lowest BCUT2D eigenvalue weighted by molar-refractivity contribution is -0.148. The van der Waals surface area contributed by atoms with Gasteiger partial charge in [-0.2, -0.15) is 0 Å². The van der Waals surface area contributed by atoms with Gasteiger partial charge in [-0.1, -0.05) is 34.6 Å². The number of hydrogen-bond acceptors (Lipinski definition) is 5. The van der Waals surface area contributed by atoms with Crippen LogP contribution in [0.15, 0.2) is 18.6 Å². The maximum atomic E-state index is 12.6. The highest BCUT2D eigenvalue weighted by atomic mass is 16.4. The first-order valence-corrected chi connectivity index (χ1v) is 7.86. The number of carboxylic acid groups (broad SMARTS) is 1. The molecule has 2 atom stereocenters. The average Bonchev–Trinajstić information content (AvgIpc) is 2.48. The predicted molar refractivity (Wildman–Crippen MR) is 88.3 cm³/mol. The summed E-state index contributed by atoms with van der Waals surface area (Å²) in [6, 6.07) is -0.774. The smallest absolute Gasteiger partial charge is 0.307 e. The van der Waals surface area contributed by atoms with E-state index in [4.69, 9.17) is 0 Å². The molecule has 0 aliphatic rings. The van der Waals surface area contributed by atoms with E-state index in [0.29, 0.717) is 0 Å². The molecule has 0 radical (unpaired) electrons. The van der Waals surface area contributed by atoms with Gasteiger partial charge in [0.05, 0.1) is 18.2 Å². The largest absolute Gasteiger partial charge is 0.481 e. The fourth-order valence-electron chi connectivity index (χ4n) is 2.34. The van der Waals surface area contributed by atoms with Crippen LogP contribution >= 0.6 is 0 Å². The molecule has 0 fully saturated rings. The van der Waals surface area contributed by atoms with Crippen molar-refractivity contribution in [3.8, 4) is 0 Å². The normalized spacial score (nSPS) is 14.1. The van der Waals surface area contributed by atoms with Gasteiger partial charge >= 0.3 is 5.97 Å². The number of nitrogens with one attached hydrogen (secondary N) is 1. The van der Waals surface area contributed by atoms with E-state index >= 15 is 0 Å². The molecule has 132 valence electrons. The summed E-state index contributed by atoms with van der Waals surface area (Å²) in [4.78, 5) is 44.0. The summed E-state index contributed by atoms with van der Waals surface area (Å²) in [5.41, 5.74) is -0.445. The third-order valence-corrected chi connectivity index (χ3v) is 3.84. The molecule has 24 heavy (non-hydrogen) atoms. The van der Waals surface area contributed by atoms with Crippen LogP contribution in [0.1, 0.15) is 51.5 Å². The summed E-state index contributed by atoms with van der Waals surface area (Å²) in [5, 5.41) is 12.0. The lowest BCUT2D eigenvalue weighted by atomic mass is 9.76. The molecule has 2 N–H and O–H groups in total. The predicted octanol–water partition coefficient (Wildman–Crippen LogP) is 1.94. The van der Waals surface area contributed by atoms with Crippen molar-refractivity contribution in [1.82, 2.24) is 15.3 Å². The Morgan fingerprint density at radius 1 is 1.21 bits per heavy atom. The molecular weight excluding hydrogens is 310 g/mol. The minimum atomic E-state index is -1.02. The molecule has 0 spiro atoms. The molecule has 0 bridgehead atoms. The van der Waals surface area contributed by atoms with E-state index in [0.717, 1.165) is 0 Å². The molecule has 1 amide bonds. The molecular formula is C17H25N3O4. The second-order valence-electron chi connectivity index (χ2n) is 7.21. The Balaban J connectivity index is 2.90. The van der Waals surface area contributed by atoms with Gasteiger partial charge in [0, 0.05) is 18.8 Å². The lowest BCUT2D eigenvalue weighted by Crippen LogP contribution is -2.46. The third-order valence-electron chi connectivity index (χ3n) is 3.84. The zero-order valence-electron chi connectivity index (χ0n) is 14.7. The van der Waals surface area contributed by atoms with E-state index in [-0.39, 0.29) is 23.8 Å². The van der Waals surface area contributed by atoms with Gasteiger partial charge < -0.3 is 10.4 Å². The number of aliphatic carboxylic acids is 1. The maximum Gasteiger partial charge on any atom is 0.307 e. The Kier molecular flexibility index (Phi) is 6.57. The number of amides is 1. The van der Waals surface area contributed by atoms with Crippen LogP contribution in [0.5, 0.6) is 0 Å². The summed E-state index contributed by atoms with van der Waals surface area (Å²) in [6.45, 7) is 8.93. The molecule has 1 aromatic heterocycles. The van der Waals surface area contributed by atoms with Crippen LogP contribution in [0.4, 0.5) is 0 Å². The molecule has 0 saturated heterocycles. The number of carboxylic acids is 1. The second-order valence-corrected chi connectivity index (χ2v) is 7.21. The van der Waals surface area contributed by atoms with Crippen molar-refractivity contribution in [3.05, 3.63) is 24.3 Å². The zero-order chi connectivity index (χ0) is 18.5. The van der Waals surface area contributed by atoms with Gasteiger partial charge in [-0.25, -0.2) is 4.98 Å². The van der Waals surface area contributed by atoms with Gasteiger partial charge in [0.25, 0.3) is 5.91 Å². The zero-order valence-corrected chi connectivity index (χ0v) is 14.7. The van der Waals surface area contributed by atoms with Crippen LogP contribution in [-0.4, -0.2) is 38.8 Å². The lowest BCUT2D eigenvalue weighted by Gasteiger charge is -2.29. The Bertz CT molecular complexity index is 594. The molecule has 1 rings (SSSR count). The van der Waals surface area contributed by atoms with Gasteiger partial charge in [-0.15, -0.1) is 0 Å². The fourth-order valence-corrected chi connectivity index (χ4v) is 2.34. The van der Waals surface area contributed by atoms with Crippen molar-refractivity contribution in [1.29, 1.82) is 0 Å². The molecule has 7 nitrogen and oxygen atoms in total. The average molecular weight is 335 g/mol. The first kappa shape index (κ1) is 19.7. The first-order valence-electron chi connectivity index (χ1n) is 7.86. The van der Waals surface area contributed by atoms with Gasteiger partial charge in [-0.05, 0) is 11.3 Å². The molecule has 1 heterocycles. The van der Waals surface area contributed by atoms with Crippen LogP contribution in [0.2, 0.25) is 0 Å².